The lowest BCUT2D eigenvalue weighted by Crippen LogP contribution is -1.97. The van der Waals surface area contributed by atoms with Gasteiger partial charge in [0.15, 0.2) is 5.82 Å². The molecule has 0 aliphatic heterocycles. The van der Waals surface area contributed by atoms with Gasteiger partial charge in [-0.1, -0.05) is 34.8 Å². The van der Waals surface area contributed by atoms with Crippen LogP contribution in [-0.4, -0.2) is 9.97 Å². The Morgan fingerprint density at radius 2 is 1.72 bits per heavy atom. The lowest BCUT2D eigenvalue weighted by molar-refractivity contribution is 0.629. The van der Waals surface area contributed by atoms with E-state index in [9.17, 15) is 4.39 Å². The molecule has 0 radical (unpaired) electrons. The lowest BCUT2D eigenvalue weighted by atomic mass is 10.3. The second-order valence-corrected chi connectivity index (χ2v) is 5.17. The molecule has 0 spiro atoms. The maximum atomic E-state index is 13.2. The van der Waals surface area contributed by atoms with Gasteiger partial charge in [0.05, 0.1) is 14.5 Å². The minimum Gasteiger partial charge on any atom is -0.339 e. The van der Waals surface area contributed by atoms with Crippen molar-refractivity contribution in [3.05, 3.63) is 43.9 Å². The first-order valence-electron chi connectivity index (χ1n) is 4.56. The Morgan fingerprint density at radius 1 is 1.11 bits per heavy atom. The first-order chi connectivity index (χ1) is 8.49. The van der Waals surface area contributed by atoms with Crippen molar-refractivity contribution in [1.29, 1.82) is 0 Å². The predicted octanol–water partition coefficient (Wildman–Crippen LogP) is 5.08. The molecule has 2 aromatic rings. The van der Waals surface area contributed by atoms with Crippen LogP contribution in [0.5, 0.6) is 0 Å². The third-order valence-electron chi connectivity index (χ3n) is 1.99. The fourth-order valence-electron chi connectivity index (χ4n) is 1.20. The molecule has 1 aromatic heterocycles. The van der Waals surface area contributed by atoms with Crippen LogP contribution in [-0.2, 0) is 0 Å². The molecule has 18 heavy (non-hydrogen) atoms. The molecule has 1 N–H and O–H groups in total. The number of nitrogens with one attached hydrogen (secondary N) is 1. The van der Waals surface area contributed by atoms with E-state index in [1.54, 1.807) is 0 Å². The second kappa shape index (κ2) is 5.57. The Hall–Kier alpha value is -0.620. The van der Waals surface area contributed by atoms with Gasteiger partial charge in [-0.2, -0.15) is 0 Å². The summed E-state index contributed by atoms with van der Waals surface area (Å²) in [4.78, 5) is 7.77. The molecule has 0 atom stereocenters. The molecule has 0 amide bonds. The van der Waals surface area contributed by atoms with Crippen molar-refractivity contribution in [2.45, 2.75) is 0 Å². The summed E-state index contributed by atoms with van der Waals surface area (Å²) in [6.45, 7) is 0. The van der Waals surface area contributed by atoms with Crippen molar-refractivity contribution in [3.63, 3.8) is 0 Å². The summed E-state index contributed by atoms with van der Waals surface area (Å²) in [7, 11) is 0. The van der Waals surface area contributed by atoms with Crippen molar-refractivity contribution in [2.24, 2.45) is 0 Å². The number of halogens is 5. The average Bonchev–Trinajstić information content (AvgIpc) is 2.32. The highest BCUT2D eigenvalue weighted by Gasteiger charge is 2.11. The van der Waals surface area contributed by atoms with Crippen molar-refractivity contribution in [3.8, 4) is 0 Å². The third-order valence-corrected chi connectivity index (χ3v) is 3.81. The van der Waals surface area contributed by atoms with Crippen molar-refractivity contribution in [2.75, 3.05) is 5.32 Å². The Kier molecular flexibility index (Phi) is 4.27. The van der Waals surface area contributed by atoms with E-state index in [1.165, 1.54) is 18.5 Å². The monoisotopic (exact) mass is 369 g/mol. The molecule has 0 saturated heterocycles. The molecule has 1 aromatic carbocycles. The molecule has 0 aliphatic rings. The first kappa shape index (κ1) is 13.8. The van der Waals surface area contributed by atoms with Gasteiger partial charge in [-0.05, 0) is 28.1 Å². The number of nitrogens with zero attached hydrogens (tertiary/aromatic N) is 2. The molecule has 0 unspecified atom stereocenters. The van der Waals surface area contributed by atoms with Crippen molar-refractivity contribution < 1.29 is 4.39 Å². The number of anilines is 2. The summed E-state index contributed by atoms with van der Waals surface area (Å²) >= 11 is 20.4. The number of aromatic nitrogens is 2. The number of hydrogen-bond acceptors (Lipinski definition) is 3. The van der Waals surface area contributed by atoms with E-state index in [1.807, 2.05) is 0 Å². The zero-order valence-corrected chi connectivity index (χ0v) is 12.4. The SMILES string of the molecule is Fc1c(Cl)cc(Nc2ncnc(Cl)c2Br)cc1Cl. The largest absolute Gasteiger partial charge is 0.339 e. The van der Waals surface area contributed by atoms with E-state index in [0.29, 0.717) is 16.0 Å². The highest BCUT2D eigenvalue weighted by atomic mass is 79.9. The van der Waals surface area contributed by atoms with Gasteiger partial charge in [0, 0.05) is 5.69 Å². The molecule has 0 saturated carbocycles. The maximum absolute atomic E-state index is 13.2. The second-order valence-electron chi connectivity index (χ2n) is 3.21. The van der Waals surface area contributed by atoms with Crippen LogP contribution < -0.4 is 5.32 Å². The van der Waals surface area contributed by atoms with Gasteiger partial charge in [0.2, 0.25) is 0 Å². The van der Waals surface area contributed by atoms with Crippen molar-refractivity contribution >= 4 is 62.2 Å². The quantitative estimate of drug-likeness (QED) is 0.591. The van der Waals surface area contributed by atoms with E-state index < -0.39 is 5.82 Å². The molecule has 2 rings (SSSR count). The Morgan fingerprint density at radius 3 is 2.33 bits per heavy atom. The van der Waals surface area contributed by atoms with Gasteiger partial charge < -0.3 is 5.32 Å². The molecular weight excluding hydrogens is 367 g/mol. The van der Waals surface area contributed by atoms with Gasteiger partial charge >= 0.3 is 0 Å². The van der Waals surface area contributed by atoms with Gasteiger partial charge in [0.1, 0.15) is 17.3 Å². The summed E-state index contributed by atoms with van der Waals surface area (Å²) in [6.07, 6.45) is 1.29. The molecule has 0 bridgehead atoms. The van der Waals surface area contributed by atoms with Crippen LogP contribution in [0, 0.1) is 5.82 Å². The zero-order valence-electron chi connectivity index (χ0n) is 8.52. The fraction of sp³-hybridized carbons (Fsp3) is 0. The topological polar surface area (TPSA) is 37.8 Å². The normalized spacial score (nSPS) is 10.5. The van der Waals surface area contributed by atoms with E-state index in [2.05, 4.69) is 31.2 Å². The van der Waals surface area contributed by atoms with Crippen LogP contribution in [0.4, 0.5) is 15.9 Å². The number of benzene rings is 1. The summed E-state index contributed by atoms with van der Waals surface area (Å²) in [6, 6.07) is 2.79. The Bertz CT molecular complexity index is 586. The van der Waals surface area contributed by atoms with Gasteiger partial charge in [-0.25, -0.2) is 14.4 Å². The van der Waals surface area contributed by atoms with Crippen LogP contribution >= 0.6 is 50.7 Å². The average molecular weight is 371 g/mol. The zero-order chi connectivity index (χ0) is 13.3. The van der Waals surface area contributed by atoms with Crippen LogP contribution in [0.3, 0.4) is 0 Å². The highest BCUT2D eigenvalue weighted by Crippen LogP contribution is 2.32. The molecule has 0 aliphatic carbocycles. The van der Waals surface area contributed by atoms with Crippen LogP contribution in [0.25, 0.3) is 0 Å². The maximum Gasteiger partial charge on any atom is 0.160 e. The Labute approximate surface area is 125 Å². The molecule has 94 valence electrons. The Balaban J connectivity index is 2.37. The summed E-state index contributed by atoms with van der Waals surface area (Å²) in [5, 5.41) is 3.00. The first-order valence-corrected chi connectivity index (χ1v) is 6.49. The standard InChI is InChI=1S/C10H4BrCl3FN3/c11-7-9(14)16-3-17-10(7)18-4-1-5(12)8(15)6(13)2-4/h1-3H,(H,16,17,18). The summed E-state index contributed by atoms with van der Waals surface area (Å²) in [5.41, 5.74) is 0.488. The van der Waals surface area contributed by atoms with Gasteiger partial charge in [-0.3, -0.25) is 0 Å². The number of hydrogen-bond donors (Lipinski definition) is 1. The van der Waals surface area contributed by atoms with Gasteiger partial charge in [0.25, 0.3) is 0 Å². The van der Waals surface area contributed by atoms with E-state index >= 15 is 0 Å². The summed E-state index contributed by atoms with van der Waals surface area (Å²) < 4.78 is 13.7. The van der Waals surface area contributed by atoms with Crippen LogP contribution in [0.2, 0.25) is 15.2 Å². The minimum atomic E-state index is -0.663. The smallest absolute Gasteiger partial charge is 0.160 e. The lowest BCUT2D eigenvalue weighted by Gasteiger charge is -2.09. The number of rotatable bonds is 2. The summed E-state index contributed by atoms with van der Waals surface area (Å²) in [5.74, 6) is -0.239. The van der Waals surface area contributed by atoms with Crippen molar-refractivity contribution in [1.82, 2.24) is 9.97 Å². The molecular formula is C10H4BrCl3FN3. The van der Waals surface area contributed by atoms with Crippen LogP contribution in [0.1, 0.15) is 0 Å². The molecule has 0 fully saturated rings. The third kappa shape index (κ3) is 2.85. The van der Waals surface area contributed by atoms with Crippen LogP contribution in [0.15, 0.2) is 22.9 Å². The molecule has 1 heterocycles. The van der Waals surface area contributed by atoms with E-state index in [-0.39, 0.29) is 15.2 Å². The van der Waals surface area contributed by atoms with E-state index in [0.717, 1.165) is 0 Å². The van der Waals surface area contributed by atoms with Gasteiger partial charge in [-0.15, -0.1) is 0 Å². The van der Waals surface area contributed by atoms with E-state index in [4.69, 9.17) is 34.8 Å². The molecule has 8 heteroatoms. The fourth-order valence-corrected chi connectivity index (χ4v) is 2.12. The minimum absolute atomic E-state index is 0.0822. The predicted molar refractivity (Wildman–Crippen MR) is 74.4 cm³/mol. The highest BCUT2D eigenvalue weighted by molar-refractivity contribution is 9.10. The molecule has 3 nitrogen and oxygen atoms in total.